The van der Waals surface area contributed by atoms with Gasteiger partial charge >= 0.3 is 18.2 Å². The van der Waals surface area contributed by atoms with Crippen LogP contribution in [0.15, 0.2) is 119 Å². The summed E-state index contributed by atoms with van der Waals surface area (Å²) in [5.41, 5.74) is 5.66. The van der Waals surface area contributed by atoms with Gasteiger partial charge in [-0.25, -0.2) is 14.4 Å². The summed E-state index contributed by atoms with van der Waals surface area (Å²) in [6.45, 7) is 25.6. The summed E-state index contributed by atoms with van der Waals surface area (Å²) in [6, 6.07) is -0.875. The van der Waals surface area contributed by atoms with Gasteiger partial charge in [-0.3, -0.25) is 0 Å². The predicted molar refractivity (Wildman–Crippen MR) is 226 cm³/mol. The summed E-state index contributed by atoms with van der Waals surface area (Å²) < 4.78 is 16.2. The summed E-state index contributed by atoms with van der Waals surface area (Å²) in [4.78, 5) is 37.3. The van der Waals surface area contributed by atoms with Gasteiger partial charge in [0.25, 0.3) is 0 Å². The first-order chi connectivity index (χ1) is 25.2. The quantitative estimate of drug-likeness (QED) is 0.0423. The standard InChI is InChI=1S/C46H70N2O6/c1-35(2)22-18-25-36(3)23-14-15-24-37(4)26-19-27-38(5)28-20-29-39(6)30-21-31-40(7)34-52-42(49)41(48-44(51)54-46(11,12)13)32-16-17-33-47-43(50)53-45(8,9)10/h14-15,18-20,22-29,31,41H,16-17,21,30,32-34H2,1-13H3,(H,47,50)(H,48,51). The van der Waals surface area contributed by atoms with E-state index in [0.29, 0.717) is 25.8 Å². The number of carbonyl (C=O) groups excluding carboxylic acids is 3. The molecule has 0 rings (SSSR count). The van der Waals surface area contributed by atoms with Gasteiger partial charge in [0, 0.05) is 6.54 Å². The Labute approximate surface area is 327 Å². The minimum atomic E-state index is -0.875. The largest absolute Gasteiger partial charge is 0.460 e. The second kappa shape index (κ2) is 27.1. The number of nitrogens with one attached hydrogen (secondary N) is 2. The maximum atomic E-state index is 13.0. The van der Waals surface area contributed by atoms with Crippen molar-refractivity contribution in [3.05, 3.63) is 119 Å². The van der Waals surface area contributed by atoms with Gasteiger partial charge in [0.2, 0.25) is 0 Å². The van der Waals surface area contributed by atoms with Crippen LogP contribution in [0.1, 0.15) is 122 Å². The molecule has 8 nitrogen and oxygen atoms in total. The van der Waals surface area contributed by atoms with Crippen molar-refractivity contribution in [2.24, 2.45) is 0 Å². The van der Waals surface area contributed by atoms with Gasteiger partial charge in [0.1, 0.15) is 23.9 Å². The molecule has 0 fully saturated rings. The lowest BCUT2D eigenvalue weighted by Gasteiger charge is -2.23. The summed E-state index contributed by atoms with van der Waals surface area (Å²) in [5, 5.41) is 5.36. The highest BCUT2D eigenvalue weighted by Gasteiger charge is 2.25. The molecule has 0 aromatic heterocycles. The number of amides is 2. The Morgan fingerprint density at radius 2 is 1.11 bits per heavy atom. The third kappa shape index (κ3) is 31.0. The highest BCUT2D eigenvalue weighted by atomic mass is 16.6. The van der Waals surface area contributed by atoms with Crippen LogP contribution in [0.5, 0.6) is 0 Å². The number of allylic oxidation sites excluding steroid dienone is 19. The fourth-order valence-electron chi connectivity index (χ4n) is 4.34. The average molecular weight is 747 g/mol. The van der Waals surface area contributed by atoms with E-state index in [1.165, 1.54) is 16.7 Å². The Kier molecular flexibility index (Phi) is 24.8. The molecule has 0 aromatic rings. The zero-order valence-corrected chi connectivity index (χ0v) is 35.6. The molecular formula is C46H70N2O6. The van der Waals surface area contributed by atoms with E-state index in [0.717, 1.165) is 29.6 Å². The van der Waals surface area contributed by atoms with Gasteiger partial charge < -0.3 is 24.8 Å². The van der Waals surface area contributed by atoms with Gasteiger partial charge in [0.05, 0.1) is 0 Å². The van der Waals surface area contributed by atoms with E-state index >= 15 is 0 Å². The summed E-state index contributed by atoms with van der Waals surface area (Å²) >= 11 is 0. The molecular weight excluding hydrogens is 677 g/mol. The Morgan fingerprint density at radius 3 is 1.65 bits per heavy atom. The molecule has 0 heterocycles. The minimum absolute atomic E-state index is 0.127. The smallest absolute Gasteiger partial charge is 0.408 e. The highest BCUT2D eigenvalue weighted by molar-refractivity contribution is 5.81. The number of hydrogen-bond acceptors (Lipinski definition) is 6. The van der Waals surface area contributed by atoms with E-state index in [-0.39, 0.29) is 6.61 Å². The SMILES string of the molecule is CC(C)=CC=CC(C)=CC=CC=C(C)C=CC=C(C)C=CC=C(C)CCC=C(C)COC(=O)C(CCCCNC(=O)OC(C)(C)C)NC(=O)OC(C)(C)C. The Hall–Kier alpha value is -4.59. The molecule has 0 aliphatic rings. The van der Waals surface area contributed by atoms with Gasteiger partial charge in [0.15, 0.2) is 0 Å². The summed E-state index contributed by atoms with van der Waals surface area (Å²) in [6.07, 6.45) is 31.1. The first-order valence-corrected chi connectivity index (χ1v) is 19.0. The molecule has 0 saturated carbocycles. The highest BCUT2D eigenvalue weighted by Crippen LogP contribution is 2.12. The Morgan fingerprint density at radius 1 is 0.611 bits per heavy atom. The van der Waals surface area contributed by atoms with Crippen LogP contribution in [0, 0.1) is 0 Å². The van der Waals surface area contributed by atoms with Crippen LogP contribution in [0.3, 0.4) is 0 Å². The van der Waals surface area contributed by atoms with E-state index in [2.05, 4.69) is 131 Å². The van der Waals surface area contributed by atoms with E-state index in [4.69, 9.17) is 14.2 Å². The van der Waals surface area contributed by atoms with E-state index in [1.54, 1.807) is 41.5 Å². The van der Waals surface area contributed by atoms with Crippen LogP contribution in [-0.4, -0.2) is 48.6 Å². The lowest BCUT2D eigenvalue weighted by molar-refractivity contribution is -0.145. The zero-order valence-electron chi connectivity index (χ0n) is 35.6. The number of alkyl carbamates (subject to hydrolysis) is 2. The second-order valence-electron chi connectivity index (χ2n) is 15.8. The van der Waals surface area contributed by atoms with Crippen LogP contribution in [-0.2, 0) is 19.0 Å². The van der Waals surface area contributed by atoms with Crippen LogP contribution in [0.25, 0.3) is 0 Å². The summed E-state index contributed by atoms with van der Waals surface area (Å²) in [5.74, 6) is -0.529. The maximum Gasteiger partial charge on any atom is 0.408 e. The minimum Gasteiger partial charge on any atom is -0.460 e. The van der Waals surface area contributed by atoms with Gasteiger partial charge in [-0.15, -0.1) is 0 Å². The van der Waals surface area contributed by atoms with E-state index in [9.17, 15) is 14.4 Å². The van der Waals surface area contributed by atoms with Gasteiger partial charge in [-0.1, -0.05) is 113 Å². The van der Waals surface area contributed by atoms with E-state index in [1.807, 2.05) is 13.0 Å². The fraction of sp³-hybridized carbons (Fsp3) is 0.500. The van der Waals surface area contributed by atoms with Crippen molar-refractivity contribution in [3.63, 3.8) is 0 Å². The van der Waals surface area contributed by atoms with Crippen molar-refractivity contribution in [1.82, 2.24) is 10.6 Å². The molecule has 0 aromatic carbocycles. The van der Waals surface area contributed by atoms with Crippen molar-refractivity contribution in [2.75, 3.05) is 13.2 Å². The van der Waals surface area contributed by atoms with E-state index < -0.39 is 35.4 Å². The predicted octanol–water partition coefficient (Wildman–Crippen LogP) is 11.8. The molecule has 0 aliphatic heterocycles. The molecule has 8 heteroatoms. The third-order valence-electron chi connectivity index (χ3n) is 7.11. The topological polar surface area (TPSA) is 103 Å². The molecule has 0 saturated heterocycles. The zero-order chi connectivity index (χ0) is 41.2. The van der Waals surface area contributed by atoms with Crippen LogP contribution >= 0.6 is 0 Å². The van der Waals surface area contributed by atoms with Crippen LogP contribution in [0.4, 0.5) is 9.59 Å². The number of carbonyl (C=O) groups is 3. The molecule has 0 bridgehead atoms. The first-order valence-electron chi connectivity index (χ1n) is 19.0. The number of unbranched alkanes of at least 4 members (excludes halogenated alkanes) is 1. The normalized spacial score (nSPS) is 14.6. The van der Waals surface area contributed by atoms with Crippen LogP contribution < -0.4 is 10.6 Å². The van der Waals surface area contributed by atoms with Gasteiger partial charge in [-0.05, 0) is 128 Å². The molecule has 0 radical (unpaired) electrons. The first kappa shape index (κ1) is 49.4. The molecule has 0 aliphatic carbocycles. The van der Waals surface area contributed by atoms with Crippen molar-refractivity contribution in [1.29, 1.82) is 0 Å². The molecule has 1 atom stereocenters. The fourth-order valence-corrected chi connectivity index (χ4v) is 4.34. The molecule has 2 amide bonds. The molecule has 54 heavy (non-hydrogen) atoms. The average Bonchev–Trinajstić information content (AvgIpc) is 3.03. The second-order valence-corrected chi connectivity index (χ2v) is 15.8. The maximum absolute atomic E-state index is 13.0. The lowest BCUT2D eigenvalue weighted by atomic mass is 10.1. The molecule has 0 spiro atoms. The van der Waals surface area contributed by atoms with Crippen molar-refractivity contribution < 1.29 is 28.6 Å². The van der Waals surface area contributed by atoms with Gasteiger partial charge in [-0.2, -0.15) is 0 Å². The monoisotopic (exact) mass is 747 g/mol. The third-order valence-corrected chi connectivity index (χ3v) is 7.11. The number of esters is 1. The van der Waals surface area contributed by atoms with Crippen molar-refractivity contribution in [2.45, 2.75) is 139 Å². The van der Waals surface area contributed by atoms with Crippen LogP contribution in [0.2, 0.25) is 0 Å². The number of hydrogen-bond donors (Lipinski definition) is 2. The van der Waals surface area contributed by atoms with Crippen molar-refractivity contribution >= 4 is 18.2 Å². The van der Waals surface area contributed by atoms with Crippen molar-refractivity contribution in [3.8, 4) is 0 Å². The summed E-state index contributed by atoms with van der Waals surface area (Å²) in [7, 11) is 0. The lowest BCUT2D eigenvalue weighted by Crippen LogP contribution is -2.44. The Balaban J connectivity index is 4.94. The molecule has 2 N–H and O–H groups in total. The number of rotatable bonds is 20. The molecule has 300 valence electrons. The number of ether oxygens (including phenoxy) is 3. The Bertz CT molecular complexity index is 1490. The molecule has 1 unspecified atom stereocenters.